The number of aromatic nitrogens is 4. The lowest BCUT2D eigenvalue weighted by atomic mass is 10.2. The summed E-state index contributed by atoms with van der Waals surface area (Å²) in [4.78, 5) is 20.5. The number of benzene rings is 1. The van der Waals surface area contributed by atoms with Gasteiger partial charge >= 0.3 is 0 Å². The number of anilines is 1. The summed E-state index contributed by atoms with van der Waals surface area (Å²) in [6.45, 7) is 0.960. The minimum absolute atomic E-state index is 0.186. The summed E-state index contributed by atoms with van der Waals surface area (Å²) >= 11 is 0. The highest BCUT2D eigenvalue weighted by Gasteiger charge is 2.13. The highest BCUT2D eigenvalue weighted by molar-refractivity contribution is 5.94. The van der Waals surface area contributed by atoms with Crippen LogP contribution in [0.1, 0.15) is 16.1 Å². The van der Waals surface area contributed by atoms with E-state index in [1.54, 1.807) is 23.2 Å². The molecule has 4 aromatic rings. The summed E-state index contributed by atoms with van der Waals surface area (Å²) in [6, 6.07) is 6.46. The zero-order valence-electron chi connectivity index (χ0n) is 15.1. The molecule has 0 spiro atoms. The van der Waals surface area contributed by atoms with E-state index < -0.39 is 17.5 Å². The molecule has 0 bridgehead atoms. The second-order valence-electron chi connectivity index (χ2n) is 6.14. The van der Waals surface area contributed by atoms with Crippen molar-refractivity contribution < 1.29 is 18.0 Å². The van der Waals surface area contributed by atoms with Gasteiger partial charge in [0.1, 0.15) is 29.5 Å². The fourth-order valence-corrected chi connectivity index (χ4v) is 2.83. The van der Waals surface area contributed by atoms with Crippen molar-refractivity contribution in [1.82, 2.24) is 25.1 Å². The molecule has 0 aliphatic carbocycles. The molecule has 29 heavy (non-hydrogen) atoms. The van der Waals surface area contributed by atoms with Crippen LogP contribution in [0.15, 0.2) is 53.5 Å². The minimum atomic E-state index is -0.910. The number of hydrogen-bond acceptors (Lipinski definition) is 6. The van der Waals surface area contributed by atoms with Gasteiger partial charge in [-0.15, -0.1) is 0 Å². The first-order valence-corrected chi connectivity index (χ1v) is 8.78. The lowest BCUT2D eigenvalue weighted by molar-refractivity contribution is 0.0948. The van der Waals surface area contributed by atoms with Crippen LogP contribution >= 0.6 is 0 Å². The largest absolute Gasteiger partial charge is 0.467 e. The van der Waals surface area contributed by atoms with Crippen molar-refractivity contribution in [2.45, 2.75) is 13.1 Å². The predicted molar refractivity (Wildman–Crippen MR) is 100 cm³/mol. The fraction of sp³-hybridized carbons (Fsp3) is 0.158. The van der Waals surface area contributed by atoms with Crippen molar-refractivity contribution in [2.24, 2.45) is 0 Å². The number of furan rings is 1. The predicted octanol–water partition coefficient (Wildman–Crippen LogP) is 2.74. The van der Waals surface area contributed by atoms with Crippen molar-refractivity contribution in [2.75, 3.05) is 11.9 Å². The van der Waals surface area contributed by atoms with E-state index in [1.807, 2.05) is 6.07 Å². The molecule has 0 fully saturated rings. The molecule has 148 valence electrons. The fourth-order valence-electron chi connectivity index (χ4n) is 2.83. The summed E-state index contributed by atoms with van der Waals surface area (Å²) in [5.41, 5.74) is 0.368. The first-order valence-electron chi connectivity index (χ1n) is 8.78. The van der Waals surface area contributed by atoms with Crippen LogP contribution in [-0.4, -0.2) is 32.2 Å². The van der Waals surface area contributed by atoms with Crippen LogP contribution in [0.4, 0.5) is 14.6 Å². The SMILES string of the molecule is O=C(NCCn1ncc2c(NCc3ccco3)ncnc21)c1ccc(F)cc1F. The molecule has 3 heterocycles. The monoisotopic (exact) mass is 398 g/mol. The summed E-state index contributed by atoms with van der Waals surface area (Å²) in [5.74, 6) is -0.908. The van der Waals surface area contributed by atoms with E-state index in [9.17, 15) is 13.6 Å². The Labute approximate surface area is 163 Å². The Balaban J connectivity index is 1.41. The number of carbonyl (C=O) groups excluding carboxylic acids is 1. The molecule has 0 saturated heterocycles. The van der Waals surface area contributed by atoms with Crippen LogP contribution in [0, 0.1) is 11.6 Å². The van der Waals surface area contributed by atoms with Gasteiger partial charge in [0.2, 0.25) is 0 Å². The molecule has 4 rings (SSSR count). The normalized spacial score (nSPS) is 11.0. The lowest BCUT2D eigenvalue weighted by Gasteiger charge is -2.08. The summed E-state index contributed by atoms with van der Waals surface area (Å²) < 4.78 is 33.5. The third kappa shape index (κ3) is 4.05. The minimum Gasteiger partial charge on any atom is -0.467 e. The molecule has 0 saturated carbocycles. The molecule has 1 amide bonds. The molecule has 10 heteroatoms. The van der Waals surface area contributed by atoms with Crippen LogP contribution < -0.4 is 10.6 Å². The van der Waals surface area contributed by atoms with Gasteiger partial charge < -0.3 is 15.1 Å². The highest BCUT2D eigenvalue weighted by atomic mass is 19.1. The molecule has 0 atom stereocenters. The number of carbonyl (C=O) groups is 1. The van der Waals surface area contributed by atoms with Gasteiger partial charge in [0.25, 0.3) is 5.91 Å². The summed E-state index contributed by atoms with van der Waals surface area (Å²) in [5, 5.41) is 10.7. The van der Waals surface area contributed by atoms with E-state index in [2.05, 4.69) is 25.7 Å². The molecule has 0 aliphatic heterocycles. The highest BCUT2D eigenvalue weighted by Crippen LogP contribution is 2.19. The number of hydrogen-bond donors (Lipinski definition) is 2. The van der Waals surface area contributed by atoms with Crippen LogP contribution in [-0.2, 0) is 13.1 Å². The van der Waals surface area contributed by atoms with Gasteiger partial charge in [0.05, 0.1) is 36.5 Å². The number of nitrogens with one attached hydrogen (secondary N) is 2. The third-order valence-electron chi connectivity index (χ3n) is 4.23. The number of halogens is 2. The van der Waals surface area contributed by atoms with Gasteiger partial charge in [-0.25, -0.2) is 23.4 Å². The number of fused-ring (bicyclic) bond motifs is 1. The Bertz CT molecular complexity index is 1140. The van der Waals surface area contributed by atoms with Crippen LogP contribution in [0.25, 0.3) is 11.0 Å². The molecule has 0 unspecified atom stereocenters. The van der Waals surface area contributed by atoms with Crippen LogP contribution in [0.2, 0.25) is 0 Å². The van der Waals surface area contributed by atoms with E-state index >= 15 is 0 Å². The maximum atomic E-state index is 13.7. The Morgan fingerprint density at radius 1 is 1.21 bits per heavy atom. The molecule has 8 nitrogen and oxygen atoms in total. The average Bonchev–Trinajstić information content (AvgIpc) is 3.36. The third-order valence-corrected chi connectivity index (χ3v) is 4.23. The number of amides is 1. The smallest absolute Gasteiger partial charge is 0.254 e. The summed E-state index contributed by atoms with van der Waals surface area (Å²) in [6.07, 6.45) is 4.63. The Hall–Kier alpha value is -3.82. The Morgan fingerprint density at radius 2 is 2.10 bits per heavy atom. The van der Waals surface area contributed by atoms with E-state index in [0.29, 0.717) is 30.6 Å². The van der Waals surface area contributed by atoms with Crippen LogP contribution in [0.5, 0.6) is 0 Å². The molecular weight excluding hydrogens is 382 g/mol. The van der Waals surface area contributed by atoms with Gasteiger partial charge in [0, 0.05) is 12.6 Å². The number of nitrogens with zero attached hydrogens (tertiary/aromatic N) is 4. The van der Waals surface area contributed by atoms with E-state index in [0.717, 1.165) is 23.3 Å². The Morgan fingerprint density at radius 3 is 2.90 bits per heavy atom. The van der Waals surface area contributed by atoms with E-state index in [-0.39, 0.29) is 12.1 Å². The van der Waals surface area contributed by atoms with Crippen molar-refractivity contribution in [1.29, 1.82) is 0 Å². The topological polar surface area (TPSA) is 97.9 Å². The molecule has 0 radical (unpaired) electrons. The van der Waals surface area contributed by atoms with E-state index in [4.69, 9.17) is 4.42 Å². The van der Waals surface area contributed by atoms with Gasteiger partial charge in [0.15, 0.2) is 5.65 Å². The zero-order valence-corrected chi connectivity index (χ0v) is 15.1. The first-order chi connectivity index (χ1) is 14.1. The maximum absolute atomic E-state index is 13.7. The van der Waals surface area contributed by atoms with Crippen molar-refractivity contribution in [3.63, 3.8) is 0 Å². The van der Waals surface area contributed by atoms with Crippen molar-refractivity contribution in [3.8, 4) is 0 Å². The molecule has 1 aromatic carbocycles. The van der Waals surface area contributed by atoms with Gasteiger partial charge in [-0.05, 0) is 24.3 Å². The van der Waals surface area contributed by atoms with Gasteiger partial charge in [-0.3, -0.25) is 4.79 Å². The second kappa shape index (κ2) is 8.05. The van der Waals surface area contributed by atoms with E-state index in [1.165, 1.54) is 6.33 Å². The van der Waals surface area contributed by atoms with Crippen molar-refractivity contribution >= 4 is 22.8 Å². The first kappa shape index (κ1) is 18.5. The van der Waals surface area contributed by atoms with Crippen molar-refractivity contribution in [3.05, 3.63) is 72.1 Å². The quantitative estimate of drug-likeness (QED) is 0.497. The van der Waals surface area contributed by atoms with Gasteiger partial charge in [-0.1, -0.05) is 0 Å². The second-order valence-corrected chi connectivity index (χ2v) is 6.14. The summed E-state index contributed by atoms with van der Waals surface area (Å²) in [7, 11) is 0. The Kier molecular flexibility index (Phi) is 5.14. The molecule has 3 aromatic heterocycles. The average molecular weight is 398 g/mol. The number of rotatable bonds is 7. The lowest BCUT2D eigenvalue weighted by Crippen LogP contribution is -2.28. The van der Waals surface area contributed by atoms with Gasteiger partial charge in [-0.2, -0.15) is 5.10 Å². The molecule has 0 aliphatic rings. The zero-order chi connectivity index (χ0) is 20.2. The maximum Gasteiger partial charge on any atom is 0.254 e. The standard InChI is InChI=1S/C19H16F2N6O2/c20-12-3-4-14(16(21)8-12)19(28)22-5-6-27-18-15(10-26-27)17(24-11-25-18)23-9-13-2-1-7-29-13/h1-4,7-8,10-11H,5-6,9H2,(H,22,28)(H,23,24,25). The van der Waals surface area contributed by atoms with Crippen LogP contribution in [0.3, 0.4) is 0 Å². The molecule has 2 N–H and O–H groups in total. The molecular formula is C19H16F2N6O2.